The Balaban J connectivity index is 2.16. The van der Waals surface area contributed by atoms with E-state index >= 15 is 0 Å². The first-order valence-electron chi connectivity index (χ1n) is 6.44. The van der Waals surface area contributed by atoms with Crippen molar-refractivity contribution in [3.8, 4) is 5.82 Å². The maximum atomic E-state index is 12.3. The number of carboxylic acids is 1. The molecule has 2 rings (SSSR count). The summed E-state index contributed by atoms with van der Waals surface area (Å²) >= 11 is 0. The zero-order valence-corrected chi connectivity index (χ0v) is 11.5. The first-order valence-corrected chi connectivity index (χ1v) is 6.44. The van der Waals surface area contributed by atoms with Crippen LogP contribution in [0.15, 0.2) is 31.0 Å². The van der Waals surface area contributed by atoms with Gasteiger partial charge in [-0.3, -0.25) is 9.59 Å². The third kappa shape index (κ3) is 3.62. The van der Waals surface area contributed by atoms with Gasteiger partial charge in [-0.15, -0.1) is 0 Å². The standard InChI is InChI=1S/C13H15N5O3/c1-2-5-17(7-12(19)20)13(21)10-3-4-11(15-6-10)18-9-14-8-16-18/h3-4,6,8-9H,2,5,7H2,1H3,(H,19,20). The van der Waals surface area contributed by atoms with Crippen molar-refractivity contribution in [1.82, 2.24) is 24.6 Å². The Morgan fingerprint density at radius 1 is 1.38 bits per heavy atom. The molecular weight excluding hydrogens is 274 g/mol. The molecule has 2 aromatic rings. The van der Waals surface area contributed by atoms with Crippen molar-refractivity contribution in [2.75, 3.05) is 13.1 Å². The minimum atomic E-state index is -1.04. The second-order valence-corrected chi connectivity index (χ2v) is 4.37. The largest absolute Gasteiger partial charge is 0.480 e. The van der Waals surface area contributed by atoms with Gasteiger partial charge in [-0.2, -0.15) is 5.10 Å². The van der Waals surface area contributed by atoms with E-state index < -0.39 is 5.97 Å². The highest BCUT2D eigenvalue weighted by Gasteiger charge is 2.18. The van der Waals surface area contributed by atoms with Crippen molar-refractivity contribution in [2.45, 2.75) is 13.3 Å². The predicted octanol–water partition coefficient (Wildman–Crippen LogP) is 0.599. The Morgan fingerprint density at radius 3 is 2.71 bits per heavy atom. The highest BCUT2D eigenvalue weighted by Crippen LogP contribution is 2.08. The molecule has 0 aliphatic heterocycles. The lowest BCUT2D eigenvalue weighted by Gasteiger charge is -2.19. The summed E-state index contributed by atoms with van der Waals surface area (Å²) in [5, 5.41) is 12.8. The van der Waals surface area contributed by atoms with Crippen LogP contribution >= 0.6 is 0 Å². The van der Waals surface area contributed by atoms with Crippen molar-refractivity contribution >= 4 is 11.9 Å². The number of aromatic nitrogens is 4. The minimum Gasteiger partial charge on any atom is -0.480 e. The van der Waals surface area contributed by atoms with Crippen LogP contribution in [0.4, 0.5) is 0 Å². The highest BCUT2D eigenvalue weighted by molar-refractivity contribution is 5.95. The number of hydrogen-bond acceptors (Lipinski definition) is 5. The van der Waals surface area contributed by atoms with Gasteiger partial charge in [-0.25, -0.2) is 14.6 Å². The topological polar surface area (TPSA) is 101 Å². The Labute approximate surface area is 121 Å². The molecule has 110 valence electrons. The molecule has 0 aliphatic carbocycles. The molecule has 1 amide bonds. The molecular formula is C13H15N5O3. The van der Waals surface area contributed by atoms with E-state index in [2.05, 4.69) is 15.1 Å². The van der Waals surface area contributed by atoms with Crippen molar-refractivity contribution in [3.63, 3.8) is 0 Å². The number of rotatable bonds is 6. The molecule has 1 N–H and O–H groups in total. The fourth-order valence-electron chi connectivity index (χ4n) is 1.84. The van der Waals surface area contributed by atoms with Gasteiger partial charge in [0, 0.05) is 12.7 Å². The Bertz CT molecular complexity index is 609. The van der Waals surface area contributed by atoms with Gasteiger partial charge in [0.2, 0.25) is 0 Å². The Hall–Kier alpha value is -2.77. The number of pyridine rings is 1. The number of carbonyl (C=O) groups excluding carboxylic acids is 1. The van der Waals surface area contributed by atoms with Crippen LogP contribution in [0.2, 0.25) is 0 Å². The molecule has 2 aromatic heterocycles. The number of amides is 1. The molecule has 21 heavy (non-hydrogen) atoms. The van der Waals surface area contributed by atoms with Crippen molar-refractivity contribution in [2.24, 2.45) is 0 Å². The molecule has 0 unspecified atom stereocenters. The van der Waals surface area contributed by atoms with E-state index in [0.717, 1.165) is 0 Å². The minimum absolute atomic E-state index is 0.322. The van der Waals surface area contributed by atoms with Gasteiger partial charge >= 0.3 is 5.97 Å². The molecule has 0 bridgehead atoms. The second-order valence-electron chi connectivity index (χ2n) is 4.37. The Kier molecular flexibility index (Phi) is 4.60. The van der Waals surface area contributed by atoms with Crippen molar-refractivity contribution in [3.05, 3.63) is 36.5 Å². The number of carboxylic acid groups (broad SMARTS) is 1. The molecule has 2 heterocycles. The van der Waals surface area contributed by atoms with E-state index in [1.807, 2.05) is 6.92 Å². The van der Waals surface area contributed by atoms with Crippen LogP contribution in [0.25, 0.3) is 5.82 Å². The zero-order valence-electron chi connectivity index (χ0n) is 11.5. The first kappa shape index (κ1) is 14.6. The molecule has 0 saturated carbocycles. The molecule has 0 fully saturated rings. The summed E-state index contributed by atoms with van der Waals surface area (Å²) in [6, 6.07) is 3.23. The number of nitrogens with zero attached hydrogens (tertiary/aromatic N) is 5. The van der Waals surface area contributed by atoms with Crippen LogP contribution in [-0.2, 0) is 4.79 Å². The normalized spacial score (nSPS) is 10.3. The summed E-state index contributed by atoms with van der Waals surface area (Å²) < 4.78 is 1.47. The van der Waals surface area contributed by atoms with Crippen LogP contribution in [-0.4, -0.2) is 54.7 Å². The monoisotopic (exact) mass is 289 g/mol. The number of aliphatic carboxylic acids is 1. The molecule has 0 aromatic carbocycles. The van der Waals surface area contributed by atoms with Gasteiger partial charge in [0.25, 0.3) is 5.91 Å². The van der Waals surface area contributed by atoms with E-state index in [9.17, 15) is 9.59 Å². The fourth-order valence-corrected chi connectivity index (χ4v) is 1.84. The van der Waals surface area contributed by atoms with E-state index in [0.29, 0.717) is 24.3 Å². The SMILES string of the molecule is CCCN(CC(=O)O)C(=O)c1ccc(-n2cncn2)nc1. The van der Waals surface area contributed by atoms with Gasteiger partial charge in [0.15, 0.2) is 5.82 Å². The quantitative estimate of drug-likeness (QED) is 0.835. The van der Waals surface area contributed by atoms with E-state index in [-0.39, 0.29) is 12.5 Å². The number of hydrogen-bond donors (Lipinski definition) is 1. The van der Waals surface area contributed by atoms with Crippen molar-refractivity contribution in [1.29, 1.82) is 0 Å². The summed E-state index contributed by atoms with van der Waals surface area (Å²) in [6.07, 6.45) is 4.97. The lowest BCUT2D eigenvalue weighted by atomic mass is 10.2. The average molecular weight is 289 g/mol. The van der Waals surface area contributed by atoms with Gasteiger partial charge in [0.05, 0.1) is 5.56 Å². The van der Waals surface area contributed by atoms with E-state index in [4.69, 9.17) is 5.11 Å². The average Bonchev–Trinajstić information content (AvgIpc) is 3.00. The molecule has 0 saturated heterocycles. The second kappa shape index (κ2) is 6.60. The van der Waals surface area contributed by atoms with E-state index in [1.54, 1.807) is 12.1 Å². The summed E-state index contributed by atoms with van der Waals surface area (Å²) in [5.41, 5.74) is 0.341. The summed E-state index contributed by atoms with van der Waals surface area (Å²) in [6.45, 7) is 1.95. The molecule has 0 aliphatic rings. The third-order valence-corrected chi connectivity index (χ3v) is 2.76. The fraction of sp³-hybridized carbons (Fsp3) is 0.308. The maximum absolute atomic E-state index is 12.3. The first-order chi connectivity index (χ1) is 10.1. The lowest BCUT2D eigenvalue weighted by molar-refractivity contribution is -0.137. The van der Waals surface area contributed by atoms with Gasteiger partial charge < -0.3 is 10.0 Å². The van der Waals surface area contributed by atoms with Gasteiger partial charge in [-0.05, 0) is 18.6 Å². The van der Waals surface area contributed by atoms with Crippen LogP contribution in [0.3, 0.4) is 0 Å². The van der Waals surface area contributed by atoms with Gasteiger partial charge in [0.1, 0.15) is 19.2 Å². The van der Waals surface area contributed by atoms with Crippen LogP contribution in [0.5, 0.6) is 0 Å². The van der Waals surface area contributed by atoms with E-state index in [1.165, 1.54) is 28.4 Å². The van der Waals surface area contributed by atoms with Crippen LogP contribution in [0, 0.1) is 0 Å². The molecule has 8 nitrogen and oxygen atoms in total. The maximum Gasteiger partial charge on any atom is 0.323 e. The summed E-state index contributed by atoms with van der Waals surface area (Å²) in [5.74, 6) is -0.856. The van der Waals surface area contributed by atoms with Crippen LogP contribution < -0.4 is 0 Å². The molecule has 8 heteroatoms. The summed E-state index contributed by atoms with van der Waals surface area (Å²) in [7, 11) is 0. The van der Waals surface area contributed by atoms with Gasteiger partial charge in [-0.1, -0.05) is 6.92 Å². The third-order valence-electron chi connectivity index (χ3n) is 2.76. The Morgan fingerprint density at radius 2 is 2.19 bits per heavy atom. The zero-order chi connectivity index (χ0) is 15.2. The highest BCUT2D eigenvalue weighted by atomic mass is 16.4. The summed E-state index contributed by atoms with van der Waals surface area (Å²) in [4.78, 5) is 32.3. The molecule has 0 radical (unpaired) electrons. The number of carbonyl (C=O) groups is 2. The molecule has 0 spiro atoms. The smallest absolute Gasteiger partial charge is 0.323 e. The lowest BCUT2D eigenvalue weighted by Crippen LogP contribution is -2.36. The predicted molar refractivity (Wildman–Crippen MR) is 73.0 cm³/mol. The van der Waals surface area contributed by atoms with Crippen molar-refractivity contribution < 1.29 is 14.7 Å². The molecule has 0 atom stereocenters. The van der Waals surface area contributed by atoms with Crippen LogP contribution in [0.1, 0.15) is 23.7 Å².